The highest BCUT2D eigenvalue weighted by Gasteiger charge is 2.30. The normalized spacial score (nSPS) is 14.0. The van der Waals surface area contributed by atoms with E-state index in [1.165, 1.54) is 14.2 Å². The van der Waals surface area contributed by atoms with Crippen LogP contribution in [0.3, 0.4) is 0 Å². The van der Waals surface area contributed by atoms with Crippen LogP contribution in [0.1, 0.15) is 50.7 Å². The Morgan fingerprint density at radius 1 is 0.889 bits per heavy atom. The first-order valence-electron chi connectivity index (χ1n) is 9.01. The van der Waals surface area contributed by atoms with Crippen molar-refractivity contribution in [2.45, 2.75) is 39.5 Å². The Balaban J connectivity index is 2.86. The summed E-state index contributed by atoms with van der Waals surface area (Å²) in [5.41, 5.74) is 3.35. The van der Waals surface area contributed by atoms with Gasteiger partial charge in [0.2, 0.25) is 0 Å². The minimum absolute atomic E-state index is 0.143. The van der Waals surface area contributed by atoms with Gasteiger partial charge in [0.05, 0.1) is 25.5 Å². The number of hydrogen-bond donors (Lipinski definition) is 0. The topological polar surface area (TPSA) is 55.8 Å². The van der Waals surface area contributed by atoms with E-state index in [0.717, 1.165) is 16.8 Å². The summed E-state index contributed by atoms with van der Waals surface area (Å²) >= 11 is 0. The monoisotopic (exact) mass is 369 g/mol. The van der Waals surface area contributed by atoms with Crippen LogP contribution >= 0.6 is 0 Å². The predicted molar refractivity (Wildman–Crippen MR) is 106 cm³/mol. The van der Waals surface area contributed by atoms with E-state index in [-0.39, 0.29) is 23.1 Å². The number of anilines is 1. The molecule has 2 rings (SSSR count). The predicted octanol–water partition coefficient (Wildman–Crippen LogP) is 4.42. The molecule has 1 aromatic rings. The summed E-state index contributed by atoms with van der Waals surface area (Å²) in [6, 6.07) is 6.12. The van der Waals surface area contributed by atoms with Gasteiger partial charge < -0.3 is 14.4 Å². The van der Waals surface area contributed by atoms with Crippen molar-refractivity contribution in [1.29, 1.82) is 0 Å². The van der Waals surface area contributed by atoms with E-state index in [4.69, 9.17) is 9.47 Å². The Hall–Kier alpha value is -2.82. The molecule has 1 aliphatic heterocycles. The van der Waals surface area contributed by atoms with Gasteiger partial charge in [-0.15, -0.1) is 0 Å². The van der Waals surface area contributed by atoms with E-state index in [1.807, 2.05) is 18.2 Å². The van der Waals surface area contributed by atoms with E-state index < -0.39 is 11.9 Å². The van der Waals surface area contributed by atoms with E-state index in [9.17, 15) is 9.59 Å². The van der Waals surface area contributed by atoms with Crippen molar-refractivity contribution in [3.8, 4) is 0 Å². The number of methoxy groups -OCH3 is 2. The summed E-state index contributed by atoms with van der Waals surface area (Å²) in [4.78, 5) is 26.8. The quantitative estimate of drug-likeness (QED) is 0.719. The number of carbonyl (C=O) groups excluding carboxylic acids is 2. The molecule has 0 N–H and O–H groups in total. The van der Waals surface area contributed by atoms with Gasteiger partial charge in [-0.25, -0.2) is 9.59 Å². The summed E-state index contributed by atoms with van der Waals surface area (Å²) < 4.78 is 9.91. The lowest BCUT2D eigenvalue weighted by Crippen LogP contribution is -2.28. The average Bonchev–Trinajstić information content (AvgIpc) is 2.88. The zero-order valence-electron chi connectivity index (χ0n) is 16.8. The molecule has 5 heteroatoms. The van der Waals surface area contributed by atoms with Crippen LogP contribution in [0.4, 0.5) is 5.69 Å². The number of para-hydroxylation sites is 1. The molecule has 0 radical (unpaired) electrons. The highest BCUT2D eigenvalue weighted by molar-refractivity contribution is 6.05. The highest BCUT2D eigenvalue weighted by atomic mass is 16.5. The Labute approximate surface area is 161 Å². The van der Waals surface area contributed by atoms with Crippen LogP contribution in [0.2, 0.25) is 0 Å². The second-order valence-corrected chi connectivity index (χ2v) is 6.91. The van der Waals surface area contributed by atoms with Crippen molar-refractivity contribution >= 4 is 17.6 Å². The Bertz CT molecular complexity index is 789. The van der Waals surface area contributed by atoms with Gasteiger partial charge in [-0.1, -0.05) is 52.0 Å². The smallest absolute Gasteiger partial charge is 0.355 e. The number of ether oxygens (including phenoxy) is 2. The highest BCUT2D eigenvalue weighted by Crippen LogP contribution is 2.38. The molecule has 0 saturated heterocycles. The summed E-state index contributed by atoms with van der Waals surface area (Å²) in [5.74, 6) is -0.735. The zero-order valence-corrected chi connectivity index (χ0v) is 16.8. The molecule has 1 heterocycles. The molecule has 0 aromatic heterocycles. The van der Waals surface area contributed by atoms with Crippen LogP contribution < -0.4 is 4.90 Å². The first-order valence-corrected chi connectivity index (χ1v) is 9.01. The molecular formula is C22H27NO4. The largest absolute Gasteiger partial charge is 0.465 e. The molecule has 27 heavy (non-hydrogen) atoms. The van der Waals surface area contributed by atoms with Crippen LogP contribution in [-0.4, -0.2) is 26.2 Å². The Kier molecular flexibility index (Phi) is 6.61. The first-order chi connectivity index (χ1) is 12.8. The zero-order chi connectivity index (χ0) is 20.1. The van der Waals surface area contributed by atoms with Crippen molar-refractivity contribution in [2.75, 3.05) is 19.1 Å². The molecule has 0 unspecified atom stereocenters. The van der Waals surface area contributed by atoms with Gasteiger partial charge in [-0.3, -0.25) is 0 Å². The number of esters is 2. The molecule has 1 aliphatic rings. The van der Waals surface area contributed by atoms with Gasteiger partial charge in [0.15, 0.2) is 0 Å². The SMILES string of the molecule is COC(=O)C1=C(C(=O)OC)N(c2c(C(C)C)cccc2C(C)C)C=CC=C1. The van der Waals surface area contributed by atoms with Gasteiger partial charge in [-0.05, 0) is 35.1 Å². The molecule has 0 atom stereocenters. The maximum absolute atomic E-state index is 12.7. The van der Waals surface area contributed by atoms with E-state index in [2.05, 4.69) is 27.7 Å². The molecule has 0 spiro atoms. The number of nitrogens with zero attached hydrogens (tertiary/aromatic N) is 1. The van der Waals surface area contributed by atoms with Gasteiger partial charge in [-0.2, -0.15) is 0 Å². The van der Waals surface area contributed by atoms with Crippen LogP contribution in [0, 0.1) is 0 Å². The van der Waals surface area contributed by atoms with Gasteiger partial charge in [0, 0.05) is 6.20 Å². The summed E-state index contributed by atoms with van der Waals surface area (Å²) in [6.45, 7) is 8.41. The van der Waals surface area contributed by atoms with Gasteiger partial charge in [0.25, 0.3) is 0 Å². The number of benzene rings is 1. The van der Waals surface area contributed by atoms with Crippen LogP contribution in [0.15, 0.2) is 53.9 Å². The van der Waals surface area contributed by atoms with Crippen LogP contribution in [0.5, 0.6) is 0 Å². The fourth-order valence-electron chi connectivity index (χ4n) is 3.13. The van der Waals surface area contributed by atoms with E-state index in [1.54, 1.807) is 29.3 Å². The lowest BCUT2D eigenvalue weighted by atomic mass is 9.91. The maximum Gasteiger partial charge on any atom is 0.355 e. The number of allylic oxidation sites excluding steroid dienone is 2. The van der Waals surface area contributed by atoms with Crippen molar-refractivity contribution in [2.24, 2.45) is 0 Å². The van der Waals surface area contributed by atoms with Crippen molar-refractivity contribution in [1.82, 2.24) is 0 Å². The molecule has 0 aliphatic carbocycles. The second-order valence-electron chi connectivity index (χ2n) is 6.91. The van der Waals surface area contributed by atoms with E-state index in [0.29, 0.717) is 0 Å². The van der Waals surface area contributed by atoms with E-state index >= 15 is 0 Å². The van der Waals surface area contributed by atoms with Gasteiger partial charge >= 0.3 is 11.9 Å². The second kappa shape index (κ2) is 8.71. The third kappa shape index (κ3) is 4.13. The fourth-order valence-corrected chi connectivity index (χ4v) is 3.13. The third-order valence-electron chi connectivity index (χ3n) is 4.47. The standard InChI is InChI=1S/C22H27NO4/c1-14(2)16-11-9-12-17(15(3)4)19(16)23-13-8-7-10-18(21(24)26-5)20(23)22(25)27-6/h7-15H,1-6H3. The molecule has 1 aromatic carbocycles. The Morgan fingerprint density at radius 2 is 1.44 bits per heavy atom. The summed E-state index contributed by atoms with van der Waals surface area (Å²) in [7, 11) is 2.60. The Morgan fingerprint density at radius 3 is 1.93 bits per heavy atom. The third-order valence-corrected chi connectivity index (χ3v) is 4.47. The molecule has 0 fully saturated rings. The molecule has 0 bridgehead atoms. The maximum atomic E-state index is 12.7. The van der Waals surface area contributed by atoms with Gasteiger partial charge in [0.1, 0.15) is 5.70 Å². The minimum Gasteiger partial charge on any atom is -0.465 e. The molecule has 5 nitrogen and oxygen atoms in total. The fraction of sp³-hybridized carbons (Fsp3) is 0.364. The number of rotatable bonds is 5. The molecule has 0 amide bonds. The van der Waals surface area contributed by atoms with Crippen molar-refractivity contribution in [3.05, 3.63) is 65.0 Å². The molecular weight excluding hydrogens is 342 g/mol. The summed E-state index contributed by atoms with van der Waals surface area (Å²) in [6.07, 6.45) is 6.86. The average molecular weight is 369 g/mol. The lowest BCUT2D eigenvalue weighted by Gasteiger charge is -2.30. The number of carbonyl (C=O) groups is 2. The first kappa shape index (κ1) is 20.5. The minimum atomic E-state index is -0.597. The van der Waals surface area contributed by atoms with Crippen LogP contribution in [0.25, 0.3) is 0 Å². The summed E-state index contributed by atoms with van der Waals surface area (Å²) in [5, 5.41) is 0. The van der Waals surface area contributed by atoms with Crippen molar-refractivity contribution < 1.29 is 19.1 Å². The van der Waals surface area contributed by atoms with Crippen molar-refractivity contribution in [3.63, 3.8) is 0 Å². The van der Waals surface area contributed by atoms with Crippen LogP contribution in [-0.2, 0) is 19.1 Å². The molecule has 0 saturated carbocycles. The number of hydrogen-bond acceptors (Lipinski definition) is 5. The lowest BCUT2D eigenvalue weighted by molar-refractivity contribution is -0.139. The molecule has 144 valence electrons.